The quantitative estimate of drug-likeness (QED) is 0.532. The fraction of sp³-hybridized carbons (Fsp3) is 0.300. The molecule has 0 atom stereocenters. The van der Waals surface area contributed by atoms with Crippen LogP contribution in [0.4, 0.5) is 5.69 Å². The van der Waals surface area contributed by atoms with E-state index in [4.69, 9.17) is 11.1 Å². The maximum absolute atomic E-state index is 11.4. The van der Waals surface area contributed by atoms with Gasteiger partial charge in [-0.1, -0.05) is 6.92 Å². The first-order valence-electron chi connectivity index (χ1n) is 4.89. The van der Waals surface area contributed by atoms with Crippen LogP contribution >= 0.6 is 0 Å². The average Bonchev–Trinajstić information content (AvgIpc) is 2.17. The zero-order valence-corrected chi connectivity index (χ0v) is 9.84. The van der Waals surface area contributed by atoms with Crippen molar-refractivity contribution in [3.8, 4) is 0 Å². The topological polar surface area (TPSA) is 96.0 Å². The van der Waals surface area contributed by atoms with E-state index in [9.17, 15) is 8.42 Å². The minimum Gasteiger partial charge on any atom is -0.384 e. The van der Waals surface area contributed by atoms with Crippen LogP contribution in [0.3, 0.4) is 0 Å². The van der Waals surface area contributed by atoms with Gasteiger partial charge in [0.2, 0.25) is 10.0 Å². The summed E-state index contributed by atoms with van der Waals surface area (Å²) in [5.74, 6) is 0.0597. The van der Waals surface area contributed by atoms with Crippen molar-refractivity contribution < 1.29 is 8.42 Å². The van der Waals surface area contributed by atoms with E-state index in [1.165, 1.54) is 0 Å². The SMILES string of the molecule is CCCS(=O)(=O)Nc1ccc(C(=N)N)cc1. The van der Waals surface area contributed by atoms with Gasteiger partial charge in [0, 0.05) is 11.3 Å². The van der Waals surface area contributed by atoms with Gasteiger partial charge in [0.15, 0.2) is 0 Å². The van der Waals surface area contributed by atoms with Crippen LogP contribution in [0.25, 0.3) is 0 Å². The lowest BCUT2D eigenvalue weighted by molar-refractivity contribution is 0.600. The molecule has 0 spiro atoms. The van der Waals surface area contributed by atoms with Crippen molar-refractivity contribution in [2.45, 2.75) is 13.3 Å². The third-order valence-electron chi connectivity index (χ3n) is 1.94. The van der Waals surface area contributed by atoms with Crippen LogP contribution in [0.2, 0.25) is 0 Å². The second kappa shape index (κ2) is 4.98. The molecule has 1 rings (SSSR count). The Labute approximate surface area is 95.2 Å². The summed E-state index contributed by atoms with van der Waals surface area (Å²) in [5, 5.41) is 7.19. The molecule has 0 bridgehead atoms. The molecule has 0 radical (unpaired) electrons. The van der Waals surface area contributed by atoms with E-state index < -0.39 is 10.0 Å². The number of nitrogen functional groups attached to an aromatic ring is 1. The highest BCUT2D eigenvalue weighted by molar-refractivity contribution is 7.92. The summed E-state index contributed by atoms with van der Waals surface area (Å²) in [4.78, 5) is 0. The lowest BCUT2D eigenvalue weighted by Gasteiger charge is -2.07. The molecule has 1 aromatic carbocycles. The molecule has 0 aromatic heterocycles. The Hall–Kier alpha value is -1.56. The highest BCUT2D eigenvalue weighted by atomic mass is 32.2. The first-order chi connectivity index (χ1) is 7.44. The number of nitrogens with one attached hydrogen (secondary N) is 2. The number of nitrogens with two attached hydrogens (primary N) is 1. The summed E-state index contributed by atoms with van der Waals surface area (Å²) in [7, 11) is -3.25. The molecule has 16 heavy (non-hydrogen) atoms. The minimum atomic E-state index is -3.25. The Morgan fingerprint density at radius 3 is 2.38 bits per heavy atom. The zero-order valence-electron chi connectivity index (χ0n) is 9.03. The van der Waals surface area contributed by atoms with Gasteiger partial charge in [-0.05, 0) is 30.7 Å². The third-order valence-corrected chi connectivity index (χ3v) is 3.43. The van der Waals surface area contributed by atoms with E-state index >= 15 is 0 Å². The van der Waals surface area contributed by atoms with Crippen molar-refractivity contribution in [2.24, 2.45) is 5.73 Å². The van der Waals surface area contributed by atoms with E-state index in [1.54, 1.807) is 31.2 Å². The first-order valence-corrected chi connectivity index (χ1v) is 6.55. The van der Waals surface area contributed by atoms with Gasteiger partial charge in [0.25, 0.3) is 0 Å². The monoisotopic (exact) mass is 241 g/mol. The van der Waals surface area contributed by atoms with Crippen molar-refractivity contribution in [3.05, 3.63) is 29.8 Å². The molecule has 0 unspecified atom stereocenters. The van der Waals surface area contributed by atoms with Crippen LogP contribution in [0, 0.1) is 5.41 Å². The molecular formula is C10H15N3O2S. The van der Waals surface area contributed by atoms with Crippen LogP contribution in [0.1, 0.15) is 18.9 Å². The van der Waals surface area contributed by atoms with Crippen LogP contribution in [0.15, 0.2) is 24.3 Å². The highest BCUT2D eigenvalue weighted by Crippen LogP contribution is 2.11. The van der Waals surface area contributed by atoms with Gasteiger partial charge in [-0.15, -0.1) is 0 Å². The Morgan fingerprint density at radius 1 is 1.38 bits per heavy atom. The Bertz CT molecular complexity index is 465. The largest absolute Gasteiger partial charge is 0.384 e. The van der Waals surface area contributed by atoms with Gasteiger partial charge in [0.05, 0.1) is 5.75 Å². The number of hydrogen-bond acceptors (Lipinski definition) is 3. The summed E-state index contributed by atoms with van der Waals surface area (Å²) in [6, 6.07) is 6.38. The van der Waals surface area contributed by atoms with E-state index in [-0.39, 0.29) is 11.6 Å². The molecule has 4 N–H and O–H groups in total. The molecule has 0 heterocycles. The lowest BCUT2D eigenvalue weighted by atomic mass is 10.2. The molecule has 0 aliphatic heterocycles. The summed E-state index contributed by atoms with van der Waals surface area (Å²) in [6.45, 7) is 1.80. The number of benzene rings is 1. The summed E-state index contributed by atoms with van der Waals surface area (Å²) in [5.41, 5.74) is 6.34. The number of rotatable bonds is 5. The van der Waals surface area contributed by atoms with Gasteiger partial charge >= 0.3 is 0 Å². The van der Waals surface area contributed by atoms with E-state index in [0.29, 0.717) is 17.7 Å². The number of sulfonamides is 1. The van der Waals surface area contributed by atoms with Gasteiger partial charge in [-0.2, -0.15) is 0 Å². The maximum Gasteiger partial charge on any atom is 0.232 e. The van der Waals surface area contributed by atoms with Crippen LogP contribution < -0.4 is 10.5 Å². The van der Waals surface area contributed by atoms with Crippen molar-refractivity contribution in [1.82, 2.24) is 0 Å². The van der Waals surface area contributed by atoms with E-state index in [2.05, 4.69) is 4.72 Å². The van der Waals surface area contributed by atoms with Crippen molar-refractivity contribution >= 4 is 21.5 Å². The molecule has 0 saturated carbocycles. The maximum atomic E-state index is 11.4. The predicted molar refractivity (Wildman–Crippen MR) is 65.2 cm³/mol. The molecule has 0 aliphatic carbocycles. The molecule has 0 amide bonds. The molecule has 6 heteroatoms. The molecule has 0 aliphatic rings. The van der Waals surface area contributed by atoms with Crippen molar-refractivity contribution in [2.75, 3.05) is 10.5 Å². The fourth-order valence-corrected chi connectivity index (χ4v) is 2.35. The minimum absolute atomic E-state index is 0.0389. The Morgan fingerprint density at radius 2 is 1.94 bits per heavy atom. The summed E-state index contributed by atoms with van der Waals surface area (Å²) in [6.07, 6.45) is 0.570. The number of hydrogen-bond donors (Lipinski definition) is 3. The van der Waals surface area contributed by atoms with Gasteiger partial charge < -0.3 is 5.73 Å². The first kappa shape index (κ1) is 12.5. The lowest BCUT2D eigenvalue weighted by Crippen LogP contribution is -2.16. The number of amidine groups is 1. The van der Waals surface area contributed by atoms with Crippen LogP contribution in [-0.4, -0.2) is 20.0 Å². The molecule has 88 valence electrons. The summed E-state index contributed by atoms with van der Waals surface area (Å²) < 4.78 is 25.3. The molecule has 1 aromatic rings. The molecule has 5 nitrogen and oxygen atoms in total. The molecule has 0 saturated heterocycles. The van der Waals surface area contributed by atoms with Gasteiger partial charge in [-0.3, -0.25) is 10.1 Å². The smallest absolute Gasteiger partial charge is 0.232 e. The fourth-order valence-electron chi connectivity index (χ4n) is 1.22. The molecule has 0 fully saturated rings. The standard InChI is InChI=1S/C10H15N3O2S/c1-2-7-16(14,15)13-9-5-3-8(4-6-9)10(11)12/h3-6,13H,2,7H2,1H3,(H3,11,12). The molecular weight excluding hydrogens is 226 g/mol. The normalized spacial score (nSPS) is 11.1. The summed E-state index contributed by atoms with van der Waals surface area (Å²) >= 11 is 0. The second-order valence-corrected chi connectivity index (χ2v) is 5.25. The zero-order chi connectivity index (χ0) is 12.2. The van der Waals surface area contributed by atoms with Gasteiger partial charge in [0.1, 0.15) is 5.84 Å². The highest BCUT2D eigenvalue weighted by Gasteiger charge is 2.08. The third kappa shape index (κ3) is 3.54. The Kier molecular flexibility index (Phi) is 3.89. The van der Waals surface area contributed by atoms with E-state index in [0.717, 1.165) is 0 Å². The van der Waals surface area contributed by atoms with Crippen LogP contribution in [0.5, 0.6) is 0 Å². The van der Waals surface area contributed by atoms with E-state index in [1.807, 2.05) is 0 Å². The van der Waals surface area contributed by atoms with Gasteiger partial charge in [-0.25, -0.2) is 8.42 Å². The van der Waals surface area contributed by atoms with Crippen molar-refractivity contribution in [1.29, 1.82) is 5.41 Å². The van der Waals surface area contributed by atoms with Crippen molar-refractivity contribution in [3.63, 3.8) is 0 Å². The van der Waals surface area contributed by atoms with Crippen LogP contribution in [-0.2, 0) is 10.0 Å². The average molecular weight is 241 g/mol. The Balaban J connectivity index is 2.80. The second-order valence-electron chi connectivity index (χ2n) is 3.41. The predicted octanol–water partition coefficient (Wildman–Crippen LogP) is 1.12. The number of anilines is 1.